The van der Waals surface area contributed by atoms with E-state index >= 15 is 0 Å². The summed E-state index contributed by atoms with van der Waals surface area (Å²) in [6.45, 7) is 7.99. The predicted molar refractivity (Wildman–Crippen MR) is 104 cm³/mol. The quantitative estimate of drug-likeness (QED) is 0.591. The first-order valence-corrected chi connectivity index (χ1v) is 8.57. The highest BCUT2D eigenvalue weighted by Gasteiger charge is 2.38. The van der Waals surface area contributed by atoms with Gasteiger partial charge in [0.05, 0.1) is 5.41 Å². The van der Waals surface area contributed by atoms with Crippen LogP contribution >= 0.6 is 0 Å². The molecule has 0 aromatic heterocycles. The van der Waals surface area contributed by atoms with Crippen LogP contribution in [-0.2, 0) is 5.41 Å². The third-order valence-corrected chi connectivity index (χ3v) is 4.24. The van der Waals surface area contributed by atoms with Crippen molar-refractivity contribution in [3.05, 3.63) is 119 Å². The van der Waals surface area contributed by atoms with Gasteiger partial charge < -0.3 is 5.73 Å². The van der Waals surface area contributed by atoms with Gasteiger partial charge in [-0.1, -0.05) is 75.0 Å². The summed E-state index contributed by atoms with van der Waals surface area (Å²) in [5, 5.41) is 0. The topological polar surface area (TPSA) is 26.0 Å². The summed E-state index contributed by atoms with van der Waals surface area (Å²) in [5.74, 6) is -0.662. The second-order valence-corrected chi connectivity index (χ2v) is 5.66. The Morgan fingerprint density at radius 2 is 1.04 bits per heavy atom. The van der Waals surface area contributed by atoms with Gasteiger partial charge in [0.2, 0.25) is 0 Å². The maximum atomic E-state index is 13.4. The van der Waals surface area contributed by atoms with Crippen molar-refractivity contribution in [3.8, 4) is 0 Å². The van der Waals surface area contributed by atoms with Gasteiger partial charge in [0.25, 0.3) is 0 Å². The molecule has 0 aliphatic rings. The number of hydrogen-bond acceptors (Lipinski definition) is 1. The van der Waals surface area contributed by atoms with E-state index in [4.69, 9.17) is 5.73 Å². The molecule has 0 amide bonds. The van der Waals surface area contributed by atoms with Crippen molar-refractivity contribution in [1.82, 2.24) is 0 Å². The lowest BCUT2D eigenvalue weighted by Gasteiger charge is -2.36. The lowest BCUT2D eigenvalue weighted by atomic mass is 9.67. The van der Waals surface area contributed by atoms with E-state index in [1.165, 1.54) is 24.3 Å². The molecule has 0 unspecified atom stereocenters. The van der Waals surface area contributed by atoms with E-state index < -0.39 is 5.41 Å². The highest BCUT2D eigenvalue weighted by Crippen LogP contribution is 2.42. The Labute approximate surface area is 153 Å². The third kappa shape index (κ3) is 3.52. The lowest BCUT2D eigenvalue weighted by Crippen LogP contribution is -2.35. The number of rotatable bonds is 4. The van der Waals surface area contributed by atoms with Crippen molar-refractivity contribution in [2.45, 2.75) is 19.3 Å². The van der Waals surface area contributed by atoms with E-state index in [0.29, 0.717) is 5.70 Å². The van der Waals surface area contributed by atoms with Crippen LogP contribution in [0.25, 0.3) is 0 Å². The fourth-order valence-corrected chi connectivity index (χ4v) is 3.14. The SMILES string of the molecule is C=C(N)C(c1ccccc1)(c1ccc(F)cc1)c1ccc(F)cc1.CC. The molecule has 2 N–H and O–H groups in total. The van der Waals surface area contributed by atoms with Crippen LogP contribution < -0.4 is 5.73 Å². The molecular weight excluding hydrogens is 328 g/mol. The fourth-order valence-electron chi connectivity index (χ4n) is 3.14. The predicted octanol–water partition coefficient (Wildman–Crippen LogP) is 5.80. The van der Waals surface area contributed by atoms with Crippen molar-refractivity contribution in [3.63, 3.8) is 0 Å². The molecule has 26 heavy (non-hydrogen) atoms. The number of allylic oxidation sites excluding steroid dienone is 1. The zero-order valence-electron chi connectivity index (χ0n) is 15.0. The van der Waals surface area contributed by atoms with Gasteiger partial charge in [-0.3, -0.25) is 0 Å². The molecule has 0 saturated heterocycles. The molecule has 134 valence electrons. The zero-order chi connectivity index (χ0) is 19.2. The highest BCUT2D eigenvalue weighted by molar-refractivity contribution is 5.57. The van der Waals surface area contributed by atoms with Crippen LogP contribution in [0.2, 0.25) is 0 Å². The Bertz CT molecular complexity index is 792. The van der Waals surface area contributed by atoms with Crippen LogP contribution in [0.1, 0.15) is 30.5 Å². The number of hydrogen-bond donors (Lipinski definition) is 1. The first-order valence-electron chi connectivity index (χ1n) is 8.57. The van der Waals surface area contributed by atoms with Gasteiger partial charge in [-0.2, -0.15) is 0 Å². The Hall–Kier alpha value is -2.94. The number of nitrogens with two attached hydrogens (primary N) is 1. The summed E-state index contributed by atoms with van der Waals surface area (Å²) in [4.78, 5) is 0. The average Bonchev–Trinajstić information content (AvgIpc) is 2.67. The molecule has 3 rings (SSSR count). The zero-order valence-corrected chi connectivity index (χ0v) is 15.0. The largest absolute Gasteiger partial charge is 0.401 e. The number of halogens is 2. The van der Waals surface area contributed by atoms with Gasteiger partial charge in [-0.05, 0) is 41.0 Å². The van der Waals surface area contributed by atoms with E-state index in [0.717, 1.165) is 16.7 Å². The monoisotopic (exact) mass is 351 g/mol. The standard InChI is InChI=1S/C21H17F2N.C2H6/c1-15(24)21(16-5-3-2-4-6-16,17-7-11-19(22)12-8-17)18-9-13-20(23)14-10-18;1-2/h2-14H,1,24H2;1-2H3. The maximum Gasteiger partial charge on any atom is 0.123 e. The Morgan fingerprint density at radius 3 is 1.38 bits per heavy atom. The summed E-state index contributed by atoms with van der Waals surface area (Å²) < 4.78 is 26.9. The Morgan fingerprint density at radius 1 is 0.692 bits per heavy atom. The van der Waals surface area contributed by atoms with Gasteiger partial charge in [0.1, 0.15) is 11.6 Å². The molecule has 0 aliphatic carbocycles. The molecule has 0 bridgehead atoms. The van der Waals surface area contributed by atoms with Crippen LogP contribution in [0.5, 0.6) is 0 Å². The molecule has 0 saturated carbocycles. The van der Waals surface area contributed by atoms with E-state index in [2.05, 4.69) is 6.58 Å². The van der Waals surface area contributed by atoms with E-state index in [9.17, 15) is 8.78 Å². The second kappa shape index (κ2) is 8.43. The minimum atomic E-state index is -0.886. The first-order chi connectivity index (χ1) is 12.5. The molecule has 0 radical (unpaired) electrons. The van der Waals surface area contributed by atoms with Crippen molar-refractivity contribution in [2.75, 3.05) is 0 Å². The van der Waals surface area contributed by atoms with Crippen molar-refractivity contribution in [1.29, 1.82) is 0 Å². The summed E-state index contributed by atoms with van der Waals surface area (Å²) in [6.07, 6.45) is 0. The molecule has 0 spiro atoms. The second-order valence-electron chi connectivity index (χ2n) is 5.66. The highest BCUT2D eigenvalue weighted by atomic mass is 19.1. The van der Waals surface area contributed by atoms with Gasteiger partial charge in [0.15, 0.2) is 0 Å². The lowest BCUT2D eigenvalue weighted by molar-refractivity contribution is 0.620. The Balaban J connectivity index is 0.00000117. The summed E-state index contributed by atoms with van der Waals surface area (Å²) in [7, 11) is 0. The van der Waals surface area contributed by atoms with Crippen LogP contribution in [0, 0.1) is 11.6 Å². The molecule has 3 aromatic carbocycles. The number of benzene rings is 3. The molecule has 3 heteroatoms. The third-order valence-electron chi connectivity index (χ3n) is 4.24. The summed E-state index contributed by atoms with van der Waals surface area (Å²) in [6, 6.07) is 21.9. The molecule has 3 aromatic rings. The van der Waals surface area contributed by atoms with Gasteiger partial charge in [0, 0.05) is 5.70 Å². The van der Waals surface area contributed by atoms with Crippen LogP contribution in [-0.4, -0.2) is 0 Å². The molecular formula is C23H23F2N. The van der Waals surface area contributed by atoms with Gasteiger partial charge >= 0.3 is 0 Å². The van der Waals surface area contributed by atoms with Crippen LogP contribution in [0.3, 0.4) is 0 Å². The average molecular weight is 351 g/mol. The normalized spacial score (nSPS) is 10.6. The fraction of sp³-hybridized carbons (Fsp3) is 0.130. The molecule has 0 fully saturated rings. The van der Waals surface area contributed by atoms with Crippen LogP contribution in [0.4, 0.5) is 8.78 Å². The van der Waals surface area contributed by atoms with E-state index in [1.54, 1.807) is 24.3 Å². The minimum Gasteiger partial charge on any atom is -0.401 e. The molecule has 0 heterocycles. The smallest absolute Gasteiger partial charge is 0.123 e. The van der Waals surface area contributed by atoms with Crippen molar-refractivity contribution in [2.24, 2.45) is 5.73 Å². The summed E-state index contributed by atoms with van der Waals surface area (Å²) >= 11 is 0. The van der Waals surface area contributed by atoms with Gasteiger partial charge in [-0.15, -0.1) is 0 Å². The van der Waals surface area contributed by atoms with Crippen molar-refractivity contribution >= 4 is 0 Å². The maximum absolute atomic E-state index is 13.4. The molecule has 1 nitrogen and oxygen atoms in total. The molecule has 0 aliphatic heterocycles. The Kier molecular flexibility index (Phi) is 6.29. The molecule has 0 atom stereocenters. The minimum absolute atomic E-state index is 0.331. The van der Waals surface area contributed by atoms with E-state index in [-0.39, 0.29) is 11.6 Å². The first kappa shape index (κ1) is 19.4. The van der Waals surface area contributed by atoms with Crippen LogP contribution in [0.15, 0.2) is 91.1 Å². The van der Waals surface area contributed by atoms with Crippen molar-refractivity contribution < 1.29 is 8.78 Å². The summed E-state index contributed by atoms with van der Waals surface area (Å²) in [5.41, 5.74) is 8.19. The van der Waals surface area contributed by atoms with E-state index in [1.807, 2.05) is 44.2 Å². The van der Waals surface area contributed by atoms with Gasteiger partial charge in [-0.25, -0.2) is 8.78 Å².